The van der Waals surface area contributed by atoms with Crippen molar-refractivity contribution in [3.8, 4) is 0 Å². The minimum absolute atomic E-state index is 0.181. The van der Waals surface area contributed by atoms with Gasteiger partial charge in [0.15, 0.2) is 11.6 Å². The number of benzene rings is 1. The first-order valence-electron chi connectivity index (χ1n) is 8.63. The Morgan fingerprint density at radius 3 is 2.33 bits per heavy atom. The normalized spacial score (nSPS) is 14.3. The van der Waals surface area contributed by atoms with Crippen molar-refractivity contribution >= 4 is 34.6 Å². The average molecular weight is 383 g/mol. The van der Waals surface area contributed by atoms with Crippen molar-refractivity contribution in [2.45, 2.75) is 0 Å². The molecule has 8 heteroatoms. The molecule has 4 rings (SSSR count). The molecule has 0 unspecified atom stereocenters. The molecule has 0 aliphatic carbocycles. The molecule has 1 saturated heterocycles. The standard InChI is InChI=1S/C19H18FN5OS/c20-14-3-5-15(6-4-14)24-9-11-25(12-10-24)18-8-7-17(22-23-18)21-19(26)16-2-1-13-27-16/h1-8,13H,9-12H2,(H,21,22,26). The van der Waals surface area contributed by atoms with Crippen LogP contribution in [0.2, 0.25) is 0 Å². The summed E-state index contributed by atoms with van der Waals surface area (Å²) in [4.78, 5) is 17.1. The lowest BCUT2D eigenvalue weighted by Gasteiger charge is -2.36. The molecule has 0 saturated carbocycles. The maximum atomic E-state index is 13.1. The molecule has 0 bridgehead atoms. The topological polar surface area (TPSA) is 61.4 Å². The number of carbonyl (C=O) groups is 1. The van der Waals surface area contributed by atoms with E-state index in [4.69, 9.17) is 0 Å². The molecule has 1 N–H and O–H groups in total. The molecule has 1 aliphatic rings. The first kappa shape index (κ1) is 17.4. The molecule has 0 spiro atoms. The van der Waals surface area contributed by atoms with Gasteiger partial charge in [-0.15, -0.1) is 21.5 Å². The van der Waals surface area contributed by atoms with Crippen LogP contribution in [0.4, 0.5) is 21.7 Å². The molecule has 3 heterocycles. The number of carbonyl (C=O) groups excluding carboxylic acids is 1. The third kappa shape index (κ3) is 4.06. The summed E-state index contributed by atoms with van der Waals surface area (Å²) in [5.74, 6) is 0.809. The summed E-state index contributed by atoms with van der Waals surface area (Å²) in [6.45, 7) is 3.24. The van der Waals surface area contributed by atoms with Crippen LogP contribution in [0, 0.1) is 5.82 Å². The highest BCUT2D eigenvalue weighted by Crippen LogP contribution is 2.20. The molecule has 1 aliphatic heterocycles. The molecule has 2 aromatic heterocycles. The van der Waals surface area contributed by atoms with Crippen molar-refractivity contribution in [2.24, 2.45) is 0 Å². The number of hydrogen-bond acceptors (Lipinski definition) is 6. The minimum atomic E-state index is -0.223. The number of hydrogen-bond donors (Lipinski definition) is 1. The monoisotopic (exact) mass is 383 g/mol. The smallest absolute Gasteiger partial charge is 0.266 e. The molecule has 138 valence electrons. The van der Waals surface area contributed by atoms with Gasteiger partial charge >= 0.3 is 0 Å². The Labute approximate surface area is 160 Å². The quantitative estimate of drug-likeness (QED) is 0.749. The van der Waals surface area contributed by atoms with Crippen LogP contribution in [0.1, 0.15) is 9.67 Å². The third-order valence-electron chi connectivity index (χ3n) is 4.43. The Bertz CT molecular complexity index is 891. The molecule has 0 atom stereocenters. The number of halogens is 1. The van der Waals surface area contributed by atoms with Gasteiger partial charge in [0.25, 0.3) is 5.91 Å². The number of anilines is 3. The van der Waals surface area contributed by atoms with Crippen LogP contribution >= 0.6 is 11.3 Å². The molecule has 27 heavy (non-hydrogen) atoms. The maximum Gasteiger partial charge on any atom is 0.266 e. The second-order valence-corrected chi connectivity index (χ2v) is 7.11. The van der Waals surface area contributed by atoms with Crippen LogP contribution in [0.15, 0.2) is 53.9 Å². The summed E-state index contributed by atoms with van der Waals surface area (Å²) < 4.78 is 13.1. The average Bonchev–Trinajstić information content (AvgIpc) is 3.24. The van der Waals surface area contributed by atoms with Gasteiger partial charge in [-0.3, -0.25) is 4.79 Å². The number of aromatic nitrogens is 2. The van der Waals surface area contributed by atoms with Crippen molar-refractivity contribution in [3.63, 3.8) is 0 Å². The van der Waals surface area contributed by atoms with Crippen molar-refractivity contribution in [2.75, 3.05) is 41.3 Å². The lowest BCUT2D eigenvalue weighted by Crippen LogP contribution is -2.46. The predicted molar refractivity (Wildman–Crippen MR) is 105 cm³/mol. The molecule has 6 nitrogen and oxygen atoms in total. The molecule has 0 radical (unpaired) electrons. The van der Waals surface area contributed by atoms with E-state index < -0.39 is 0 Å². The van der Waals surface area contributed by atoms with Crippen LogP contribution in [-0.4, -0.2) is 42.3 Å². The van der Waals surface area contributed by atoms with E-state index in [1.54, 1.807) is 24.3 Å². The number of rotatable bonds is 4. The highest BCUT2D eigenvalue weighted by Gasteiger charge is 2.19. The lowest BCUT2D eigenvalue weighted by molar-refractivity contribution is 0.103. The summed E-state index contributed by atoms with van der Waals surface area (Å²) in [6, 6.07) is 13.8. The predicted octanol–water partition coefficient (Wildman–Crippen LogP) is 3.26. The number of nitrogens with one attached hydrogen (secondary N) is 1. The SMILES string of the molecule is O=C(Nc1ccc(N2CCN(c3ccc(F)cc3)CC2)nn1)c1cccs1. The van der Waals surface area contributed by atoms with Crippen molar-refractivity contribution < 1.29 is 9.18 Å². The van der Waals surface area contributed by atoms with E-state index in [2.05, 4.69) is 25.3 Å². The zero-order chi connectivity index (χ0) is 18.6. The van der Waals surface area contributed by atoms with Crippen LogP contribution in [0.25, 0.3) is 0 Å². The third-order valence-corrected chi connectivity index (χ3v) is 5.30. The van der Waals surface area contributed by atoms with Crippen molar-refractivity contribution in [1.82, 2.24) is 10.2 Å². The number of nitrogens with zero attached hydrogens (tertiary/aromatic N) is 4. The van der Waals surface area contributed by atoms with Crippen LogP contribution < -0.4 is 15.1 Å². The van der Waals surface area contributed by atoms with E-state index in [9.17, 15) is 9.18 Å². The van der Waals surface area contributed by atoms with Gasteiger partial charge in [-0.05, 0) is 47.8 Å². The van der Waals surface area contributed by atoms with Crippen molar-refractivity contribution in [3.05, 3.63) is 64.6 Å². The van der Waals surface area contributed by atoms with Crippen molar-refractivity contribution in [1.29, 1.82) is 0 Å². The fraction of sp³-hybridized carbons (Fsp3) is 0.211. The molecule has 1 amide bonds. The summed E-state index contributed by atoms with van der Waals surface area (Å²) in [6.07, 6.45) is 0. The van der Waals surface area contributed by atoms with E-state index in [0.717, 1.165) is 37.7 Å². The lowest BCUT2D eigenvalue weighted by atomic mass is 10.2. The number of amides is 1. The minimum Gasteiger partial charge on any atom is -0.368 e. The summed E-state index contributed by atoms with van der Waals surface area (Å²) in [5, 5.41) is 13.0. The van der Waals surface area contributed by atoms with Gasteiger partial charge in [-0.1, -0.05) is 6.07 Å². The first-order chi connectivity index (χ1) is 13.2. The highest BCUT2D eigenvalue weighted by molar-refractivity contribution is 7.12. The van der Waals surface area contributed by atoms with Gasteiger partial charge in [-0.25, -0.2) is 4.39 Å². The molecule has 1 fully saturated rings. The van der Waals surface area contributed by atoms with E-state index >= 15 is 0 Å². The number of thiophene rings is 1. The Morgan fingerprint density at radius 2 is 1.70 bits per heavy atom. The Kier molecular flexibility index (Phi) is 4.97. The van der Waals surface area contributed by atoms with Gasteiger partial charge in [0.1, 0.15) is 5.82 Å². The first-order valence-corrected chi connectivity index (χ1v) is 9.51. The zero-order valence-corrected chi connectivity index (χ0v) is 15.3. The van der Waals surface area contributed by atoms with Gasteiger partial charge in [-0.2, -0.15) is 0 Å². The zero-order valence-electron chi connectivity index (χ0n) is 14.5. The molecule has 1 aromatic carbocycles. The van der Waals surface area contributed by atoms with Crippen LogP contribution in [0.5, 0.6) is 0 Å². The molecular weight excluding hydrogens is 365 g/mol. The fourth-order valence-electron chi connectivity index (χ4n) is 2.99. The summed E-state index contributed by atoms with van der Waals surface area (Å²) in [7, 11) is 0. The van der Waals surface area contributed by atoms with Gasteiger partial charge in [0.2, 0.25) is 0 Å². The van der Waals surface area contributed by atoms with Gasteiger partial charge in [0, 0.05) is 31.9 Å². The van der Waals surface area contributed by atoms with E-state index in [0.29, 0.717) is 10.7 Å². The van der Waals surface area contributed by atoms with Gasteiger partial charge in [0.05, 0.1) is 4.88 Å². The fourth-order valence-corrected chi connectivity index (χ4v) is 3.61. The van der Waals surface area contributed by atoms with Crippen LogP contribution in [-0.2, 0) is 0 Å². The second kappa shape index (κ2) is 7.71. The summed E-state index contributed by atoms with van der Waals surface area (Å²) in [5.41, 5.74) is 1.02. The van der Waals surface area contributed by atoms with E-state index in [1.165, 1.54) is 23.5 Å². The highest BCUT2D eigenvalue weighted by atomic mass is 32.1. The Morgan fingerprint density at radius 1 is 0.963 bits per heavy atom. The molecular formula is C19H18FN5OS. The van der Waals surface area contributed by atoms with E-state index in [-0.39, 0.29) is 11.7 Å². The maximum absolute atomic E-state index is 13.1. The largest absolute Gasteiger partial charge is 0.368 e. The molecule has 3 aromatic rings. The Balaban J connectivity index is 1.34. The van der Waals surface area contributed by atoms with Crippen LogP contribution in [0.3, 0.4) is 0 Å². The van der Waals surface area contributed by atoms with Gasteiger partial charge < -0.3 is 15.1 Å². The summed E-state index contributed by atoms with van der Waals surface area (Å²) >= 11 is 1.38. The number of piperazine rings is 1. The van der Waals surface area contributed by atoms with E-state index in [1.807, 2.05) is 17.5 Å². The second-order valence-electron chi connectivity index (χ2n) is 6.16. The Hall–Kier alpha value is -3.00.